The van der Waals surface area contributed by atoms with Crippen molar-refractivity contribution < 1.29 is 0 Å². The summed E-state index contributed by atoms with van der Waals surface area (Å²) < 4.78 is 0. The fraction of sp³-hybridized carbons (Fsp3) is 0.385. The van der Waals surface area contributed by atoms with Gasteiger partial charge in [-0.15, -0.1) is 11.3 Å². The average molecular weight is 282 g/mol. The third-order valence-corrected chi connectivity index (χ3v) is 3.96. The van der Waals surface area contributed by atoms with Gasteiger partial charge in [-0.05, 0) is 24.5 Å². The predicted octanol–water partition coefficient (Wildman–Crippen LogP) is 3.52. The second-order valence-corrected chi connectivity index (χ2v) is 6.02. The highest BCUT2D eigenvalue weighted by molar-refractivity contribution is 7.15. The number of halogens is 1. The summed E-state index contributed by atoms with van der Waals surface area (Å²) in [5.41, 5.74) is 7.60. The van der Waals surface area contributed by atoms with Gasteiger partial charge in [-0.1, -0.05) is 25.4 Å². The molecule has 0 radical (unpaired) electrons. The lowest BCUT2D eigenvalue weighted by molar-refractivity contribution is 0.634. The molecule has 0 saturated carbocycles. The van der Waals surface area contributed by atoms with Crippen molar-refractivity contribution in [3.63, 3.8) is 0 Å². The maximum atomic E-state index is 6.14. The van der Waals surface area contributed by atoms with E-state index in [0.29, 0.717) is 17.5 Å². The van der Waals surface area contributed by atoms with Crippen molar-refractivity contribution in [1.29, 1.82) is 0 Å². The maximum absolute atomic E-state index is 6.14. The van der Waals surface area contributed by atoms with E-state index in [-0.39, 0.29) is 0 Å². The highest BCUT2D eigenvalue weighted by Crippen LogP contribution is 2.31. The Morgan fingerprint density at radius 1 is 1.44 bits per heavy atom. The van der Waals surface area contributed by atoms with Crippen LogP contribution < -0.4 is 5.73 Å². The van der Waals surface area contributed by atoms with Gasteiger partial charge in [0.05, 0.1) is 10.7 Å². The van der Waals surface area contributed by atoms with Crippen LogP contribution in [0.25, 0.3) is 10.7 Å². The van der Waals surface area contributed by atoms with Crippen molar-refractivity contribution >= 4 is 22.9 Å². The third-order valence-electron chi connectivity index (χ3n) is 2.53. The van der Waals surface area contributed by atoms with Crippen molar-refractivity contribution in [2.75, 3.05) is 0 Å². The van der Waals surface area contributed by atoms with Gasteiger partial charge in [0.15, 0.2) is 0 Å². The highest BCUT2D eigenvalue weighted by Gasteiger charge is 2.15. The molecule has 2 heterocycles. The van der Waals surface area contributed by atoms with E-state index in [1.165, 1.54) is 0 Å². The van der Waals surface area contributed by atoms with Gasteiger partial charge >= 0.3 is 0 Å². The highest BCUT2D eigenvalue weighted by atomic mass is 35.5. The largest absolute Gasteiger partial charge is 0.326 e. The first-order chi connectivity index (χ1) is 8.61. The zero-order valence-electron chi connectivity index (χ0n) is 10.5. The number of aromatic nitrogens is 2. The van der Waals surface area contributed by atoms with Crippen molar-refractivity contribution in [2.24, 2.45) is 11.7 Å². The average Bonchev–Trinajstić information content (AvgIpc) is 2.71. The minimum absolute atomic E-state index is 0.518. The SMILES string of the molecule is CC(C)Cc1nc(-c2ncccc2Cl)sc1CN. The minimum atomic E-state index is 0.518. The molecule has 18 heavy (non-hydrogen) atoms. The van der Waals surface area contributed by atoms with Gasteiger partial charge in [-0.2, -0.15) is 0 Å². The van der Waals surface area contributed by atoms with E-state index in [4.69, 9.17) is 17.3 Å². The Labute approximate surface area is 116 Å². The molecule has 0 aliphatic rings. The Kier molecular flexibility index (Phi) is 4.32. The molecular formula is C13H16ClN3S. The van der Waals surface area contributed by atoms with E-state index < -0.39 is 0 Å². The van der Waals surface area contributed by atoms with Crippen LogP contribution in [0, 0.1) is 5.92 Å². The summed E-state index contributed by atoms with van der Waals surface area (Å²) >= 11 is 7.73. The van der Waals surface area contributed by atoms with Crippen LogP contribution in [0.3, 0.4) is 0 Å². The van der Waals surface area contributed by atoms with Crippen molar-refractivity contribution in [1.82, 2.24) is 9.97 Å². The maximum Gasteiger partial charge on any atom is 0.143 e. The van der Waals surface area contributed by atoms with E-state index in [2.05, 4.69) is 23.8 Å². The molecule has 2 aromatic rings. The normalized spacial score (nSPS) is 11.2. The number of rotatable bonds is 4. The number of hydrogen-bond acceptors (Lipinski definition) is 4. The van der Waals surface area contributed by atoms with Crippen LogP contribution in [0.2, 0.25) is 5.02 Å². The summed E-state index contributed by atoms with van der Waals surface area (Å²) in [6, 6.07) is 3.65. The number of thiazole rings is 1. The van der Waals surface area contributed by atoms with Crippen LogP contribution in [0.4, 0.5) is 0 Å². The summed E-state index contributed by atoms with van der Waals surface area (Å²) in [6.45, 7) is 4.87. The first-order valence-corrected chi connectivity index (χ1v) is 7.10. The van der Waals surface area contributed by atoms with Gasteiger partial charge in [0.25, 0.3) is 0 Å². The smallest absolute Gasteiger partial charge is 0.143 e. The lowest BCUT2D eigenvalue weighted by Gasteiger charge is -2.02. The molecule has 2 rings (SSSR count). The summed E-state index contributed by atoms with van der Waals surface area (Å²) in [7, 11) is 0. The molecule has 0 unspecified atom stereocenters. The van der Waals surface area contributed by atoms with E-state index in [1.807, 2.05) is 12.1 Å². The summed E-state index contributed by atoms with van der Waals surface area (Å²) in [6.07, 6.45) is 2.67. The molecule has 2 N–H and O–H groups in total. The molecular weight excluding hydrogens is 266 g/mol. The quantitative estimate of drug-likeness (QED) is 0.933. The monoisotopic (exact) mass is 281 g/mol. The molecule has 0 fully saturated rings. The topological polar surface area (TPSA) is 51.8 Å². The van der Waals surface area contributed by atoms with Crippen LogP contribution >= 0.6 is 22.9 Å². The van der Waals surface area contributed by atoms with Crippen molar-refractivity contribution in [3.05, 3.63) is 33.9 Å². The molecule has 0 aliphatic heterocycles. The molecule has 0 bridgehead atoms. The van der Waals surface area contributed by atoms with Crippen LogP contribution in [0.5, 0.6) is 0 Å². The van der Waals surface area contributed by atoms with Crippen LogP contribution in [0.15, 0.2) is 18.3 Å². The minimum Gasteiger partial charge on any atom is -0.326 e. The Balaban J connectivity index is 2.41. The first-order valence-electron chi connectivity index (χ1n) is 5.91. The van der Waals surface area contributed by atoms with Gasteiger partial charge < -0.3 is 5.73 Å². The zero-order chi connectivity index (χ0) is 13.1. The molecule has 96 valence electrons. The molecule has 3 nitrogen and oxygen atoms in total. The third kappa shape index (κ3) is 2.88. The van der Waals surface area contributed by atoms with E-state index in [9.17, 15) is 0 Å². The van der Waals surface area contributed by atoms with Gasteiger partial charge in [0.1, 0.15) is 10.7 Å². The lowest BCUT2D eigenvalue weighted by atomic mass is 10.1. The molecule has 0 aromatic carbocycles. The number of nitrogens with zero attached hydrogens (tertiary/aromatic N) is 2. The second-order valence-electron chi connectivity index (χ2n) is 4.52. The van der Waals surface area contributed by atoms with Crippen molar-refractivity contribution in [2.45, 2.75) is 26.8 Å². The molecule has 0 atom stereocenters. The summed E-state index contributed by atoms with van der Waals surface area (Å²) in [5, 5.41) is 1.49. The first kappa shape index (κ1) is 13.5. The van der Waals surface area contributed by atoms with Crippen LogP contribution in [-0.2, 0) is 13.0 Å². The van der Waals surface area contributed by atoms with Gasteiger partial charge in [-0.25, -0.2) is 4.98 Å². The van der Waals surface area contributed by atoms with Crippen molar-refractivity contribution in [3.8, 4) is 10.7 Å². The Hall–Kier alpha value is -0.970. The van der Waals surface area contributed by atoms with E-state index in [1.54, 1.807) is 17.5 Å². The van der Waals surface area contributed by atoms with Gasteiger partial charge in [-0.3, -0.25) is 4.98 Å². The Bertz CT molecular complexity index is 537. The number of hydrogen-bond donors (Lipinski definition) is 1. The predicted molar refractivity (Wildman–Crippen MR) is 76.8 cm³/mol. The second kappa shape index (κ2) is 5.78. The number of pyridine rings is 1. The molecule has 2 aromatic heterocycles. The standard InChI is InChI=1S/C13H16ClN3S/c1-8(2)6-10-11(7-15)18-13(17-10)12-9(14)4-3-5-16-12/h3-5,8H,6-7,15H2,1-2H3. The fourth-order valence-electron chi connectivity index (χ4n) is 1.73. The van der Waals surface area contributed by atoms with Crippen LogP contribution in [0.1, 0.15) is 24.4 Å². The van der Waals surface area contributed by atoms with Gasteiger partial charge in [0, 0.05) is 17.6 Å². The Morgan fingerprint density at radius 3 is 2.83 bits per heavy atom. The van der Waals surface area contributed by atoms with Crippen LogP contribution in [-0.4, -0.2) is 9.97 Å². The molecule has 5 heteroatoms. The lowest BCUT2D eigenvalue weighted by Crippen LogP contribution is -2.02. The zero-order valence-corrected chi connectivity index (χ0v) is 12.1. The molecule has 0 spiro atoms. The molecule has 0 saturated heterocycles. The summed E-state index contributed by atoms with van der Waals surface area (Å²) in [5.74, 6) is 0.560. The summed E-state index contributed by atoms with van der Waals surface area (Å²) in [4.78, 5) is 10.1. The fourth-order valence-corrected chi connectivity index (χ4v) is 2.98. The molecule has 0 aliphatic carbocycles. The Morgan fingerprint density at radius 2 is 2.22 bits per heavy atom. The van der Waals surface area contributed by atoms with E-state index in [0.717, 1.165) is 27.7 Å². The van der Waals surface area contributed by atoms with Gasteiger partial charge in [0.2, 0.25) is 0 Å². The van der Waals surface area contributed by atoms with E-state index >= 15 is 0 Å². The molecule has 0 amide bonds. The number of nitrogens with two attached hydrogens (primary N) is 1.